The number of nitrogens with zero attached hydrogens (tertiary/aromatic N) is 1. The lowest BCUT2D eigenvalue weighted by Crippen LogP contribution is -2.10. The van der Waals surface area contributed by atoms with E-state index in [0.717, 1.165) is 23.1 Å². The number of hydrogen-bond acceptors (Lipinski definition) is 3. The van der Waals surface area contributed by atoms with Gasteiger partial charge in [-0.1, -0.05) is 35.0 Å². The fraction of sp³-hybridized carbons (Fsp3) is 0.250. The summed E-state index contributed by atoms with van der Waals surface area (Å²) in [5.74, 6) is 0.647. The average molecular weight is 333 g/mol. The Kier molecular flexibility index (Phi) is 4.90. The first-order chi connectivity index (χ1) is 9.65. The summed E-state index contributed by atoms with van der Waals surface area (Å²) in [7, 11) is 0. The van der Waals surface area contributed by atoms with E-state index < -0.39 is 0 Å². The standard InChI is InChI=1S/C16H17BrN2O/c1-3-13-8-9-14(16(19-13)18-4-2)15(20)11-6-5-7-12(17)10-11/h5-10H,3-4H2,1-2H3,(H,18,19). The molecule has 1 heterocycles. The van der Waals surface area contributed by atoms with E-state index in [4.69, 9.17) is 0 Å². The SMILES string of the molecule is CCNc1nc(CC)ccc1C(=O)c1cccc(Br)c1. The van der Waals surface area contributed by atoms with E-state index in [1.54, 1.807) is 0 Å². The predicted molar refractivity (Wildman–Crippen MR) is 85.4 cm³/mol. The van der Waals surface area contributed by atoms with Crippen molar-refractivity contribution in [1.82, 2.24) is 4.98 Å². The highest BCUT2D eigenvalue weighted by Gasteiger charge is 2.15. The van der Waals surface area contributed by atoms with Crippen LogP contribution in [0.1, 0.15) is 35.5 Å². The zero-order valence-corrected chi connectivity index (χ0v) is 13.2. The summed E-state index contributed by atoms with van der Waals surface area (Å²) in [6, 6.07) is 11.2. The van der Waals surface area contributed by atoms with Crippen LogP contribution in [0.4, 0.5) is 5.82 Å². The lowest BCUT2D eigenvalue weighted by molar-refractivity contribution is 0.103. The highest BCUT2D eigenvalue weighted by molar-refractivity contribution is 9.10. The van der Waals surface area contributed by atoms with Crippen LogP contribution in [0.15, 0.2) is 40.9 Å². The van der Waals surface area contributed by atoms with Gasteiger partial charge in [-0.15, -0.1) is 0 Å². The van der Waals surface area contributed by atoms with Gasteiger partial charge in [-0.2, -0.15) is 0 Å². The summed E-state index contributed by atoms with van der Waals surface area (Å²) in [4.78, 5) is 17.1. The van der Waals surface area contributed by atoms with Gasteiger partial charge in [0.1, 0.15) is 5.82 Å². The minimum Gasteiger partial charge on any atom is -0.370 e. The molecule has 0 unspecified atom stereocenters. The molecule has 0 saturated carbocycles. The van der Waals surface area contributed by atoms with Crippen LogP contribution in [0.2, 0.25) is 0 Å². The van der Waals surface area contributed by atoms with Crippen molar-refractivity contribution in [1.29, 1.82) is 0 Å². The number of anilines is 1. The smallest absolute Gasteiger partial charge is 0.196 e. The second-order valence-electron chi connectivity index (χ2n) is 4.42. The third kappa shape index (κ3) is 3.25. The molecule has 104 valence electrons. The molecule has 0 spiro atoms. The van der Waals surface area contributed by atoms with Crippen LogP contribution in [0, 0.1) is 0 Å². The Bertz CT molecular complexity index is 626. The van der Waals surface area contributed by atoms with Crippen molar-refractivity contribution in [2.45, 2.75) is 20.3 Å². The fourth-order valence-electron chi connectivity index (χ4n) is 1.97. The summed E-state index contributed by atoms with van der Waals surface area (Å²) in [6.07, 6.45) is 0.851. The second kappa shape index (κ2) is 6.66. The van der Waals surface area contributed by atoms with Crippen molar-refractivity contribution in [3.05, 3.63) is 57.7 Å². The van der Waals surface area contributed by atoms with Crippen LogP contribution in [-0.2, 0) is 6.42 Å². The summed E-state index contributed by atoms with van der Waals surface area (Å²) in [6.45, 7) is 4.78. The van der Waals surface area contributed by atoms with Crippen molar-refractivity contribution in [3.8, 4) is 0 Å². The topological polar surface area (TPSA) is 42.0 Å². The predicted octanol–water partition coefficient (Wildman–Crippen LogP) is 4.07. The summed E-state index contributed by atoms with van der Waals surface area (Å²) >= 11 is 3.39. The maximum Gasteiger partial charge on any atom is 0.196 e. The highest BCUT2D eigenvalue weighted by atomic mass is 79.9. The lowest BCUT2D eigenvalue weighted by atomic mass is 10.0. The zero-order chi connectivity index (χ0) is 14.5. The monoisotopic (exact) mass is 332 g/mol. The molecule has 0 atom stereocenters. The zero-order valence-electron chi connectivity index (χ0n) is 11.6. The van der Waals surface area contributed by atoms with Gasteiger partial charge in [0, 0.05) is 22.3 Å². The third-order valence-electron chi connectivity index (χ3n) is 2.99. The number of benzene rings is 1. The minimum absolute atomic E-state index is 0.0163. The maximum absolute atomic E-state index is 12.6. The van der Waals surface area contributed by atoms with E-state index in [1.807, 2.05) is 50.2 Å². The van der Waals surface area contributed by atoms with E-state index >= 15 is 0 Å². The van der Waals surface area contributed by atoms with Gasteiger partial charge in [-0.3, -0.25) is 4.79 Å². The number of aryl methyl sites for hydroxylation is 1. The number of rotatable bonds is 5. The summed E-state index contributed by atoms with van der Waals surface area (Å²) in [5, 5.41) is 3.17. The Hall–Kier alpha value is -1.68. The van der Waals surface area contributed by atoms with Crippen molar-refractivity contribution >= 4 is 27.5 Å². The molecule has 20 heavy (non-hydrogen) atoms. The second-order valence-corrected chi connectivity index (χ2v) is 5.34. The van der Waals surface area contributed by atoms with Gasteiger partial charge >= 0.3 is 0 Å². The third-order valence-corrected chi connectivity index (χ3v) is 3.48. The molecule has 4 heteroatoms. The van der Waals surface area contributed by atoms with Crippen molar-refractivity contribution in [2.24, 2.45) is 0 Å². The summed E-state index contributed by atoms with van der Waals surface area (Å²) < 4.78 is 0.895. The number of ketones is 1. The van der Waals surface area contributed by atoms with E-state index in [1.165, 1.54) is 0 Å². The normalized spacial score (nSPS) is 10.3. The quantitative estimate of drug-likeness (QED) is 0.839. The van der Waals surface area contributed by atoms with Crippen LogP contribution in [0.25, 0.3) is 0 Å². The number of halogens is 1. The molecule has 2 rings (SSSR count). The van der Waals surface area contributed by atoms with Gasteiger partial charge < -0.3 is 5.32 Å². The van der Waals surface area contributed by atoms with Gasteiger partial charge in [0.25, 0.3) is 0 Å². The van der Waals surface area contributed by atoms with Crippen molar-refractivity contribution < 1.29 is 4.79 Å². The molecule has 0 bridgehead atoms. The molecule has 1 aromatic heterocycles. The number of nitrogens with one attached hydrogen (secondary N) is 1. The number of aromatic nitrogens is 1. The van der Waals surface area contributed by atoms with Gasteiger partial charge in [-0.05, 0) is 37.6 Å². The molecular formula is C16H17BrN2O. The number of pyridine rings is 1. The van der Waals surface area contributed by atoms with Crippen LogP contribution < -0.4 is 5.32 Å². The maximum atomic E-state index is 12.6. The fourth-order valence-corrected chi connectivity index (χ4v) is 2.37. The Morgan fingerprint density at radius 2 is 2.05 bits per heavy atom. The Labute approximate surface area is 127 Å². The Morgan fingerprint density at radius 1 is 1.25 bits per heavy atom. The summed E-state index contributed by atoms with van der Waals surface area (Å²) in [5.41, 5.74) is 2.25. The van der Waals surface area contributed by atoms with Crippen molar-refractivity contribution in [3.63, 3.8) is 0 Å². The first-order valence-electron chi connectivity index (χ1n) is 6.69. The molecule has 0 aliphatic rings. The Morgan fingerprint density at radius 3 is 2.70 bits per heavy atom. The van der Waals surface area contributed by atoms with E-state index in [0.29, 0.717) is 16.9 Å². The van der Waals surface area contributed by atoms with Crippen LogP contribution in [0.3, 0.4) is 0 Å². The molecule has 1 aromatic carbocycles. The van der Waals surface area contributed by atoms with E-state index in [2.05, 4.69) is 26.2 Å². The molecule has 0 aliphatic carbocycles. The lowest BCUT2D eigenvalue weighted by Gasteiger charge is -2.10. The molecule has 0 aliphatic heterocycles. The molecule has 0 radical (unpaired) electrons. The van der Waals surface area contributed by atoms with Gasteiger partial charge in [0.05, 0.1) is 5.56 Å². The molecule has 3 nitrogen and oxygen atoms in total. The largest absolute Gasteiger partial charge is 0.370 e. The number of hydrogen-bond donors (Lipinski definition) is 1. The average Bonchev–Trinajstić information content (AvgIpc) is 2.47. The molecule has 0 saturated heterocycles. The van der Waals surface area contributed by atoms with Crippen molar-refractivity contribution in [2.75, 3.05) is 11.9 Å². The van der Waals surface area contributed by atoms with Gasteiger partial charge in [0.15, 0.2) is 5.78 Å². The van der Waals surface area contributed by atoms with E-state index in [9.17, 15) is 4.79 Å². The molecule has 0 amide bonds. The molecule has 2 aromatic rings. The highest BCUT2D eigenvalue weighted by Crippen LogP contribution is 2.20. The van der Waals surface area contributed by atoms with Crippen LogP contribution >= 0.6 is 15.9 Å². The molecular weight excluding hydrogens is 316 g/mol. The molecule has 0 fully saturated rings. The van der Waals surface area contributed by atoms with Gasteiger partial charge in [0.2, 0.25) is 0 Å². The van der Waals surface area contributed by atoms with Crippen LogP contribution in [-0.4, -0.2) is 17.3 Å². The first-order valence-corrected chi connectivity index (χ1v) is 7.49. The minimum atomic E-state index is -0.0163. The first kappa shape index (κ1) is 14.7. The van der Waals surface area contributed by atoms with E-state index in [-0.39, 0.29) is 5.78 Å². The number of carbonyl (C=O) groups excluding carboxylic acids is 1. The van der Waals surface area contributed by atoms with Gasteiger partial charge in [-0.25, -0.2) is 4.98 Å². The molecule has 1 N–H and O–H groups in total. The van der Waals surface area contributed by atoms with Crippen LogP contribution in [0.5, 0.6) is 0 Å². The number of carbonyl (C=O) groups is 1. The Balaban J connectivity index is 2.43.